The van der Waals surface area contributed by atoms with Crippen LogP contribution in [0, 0.1) is 5.92 Å². The third kappa shape index (κ3) is 6.44. The number of aromatic nitrogens is 1. The van der Waals surface area contributed by atoms with Gasteiger partial charge in [0.05, 0.1) is 6.10 Å². The molecule has 2 heterocycles. The van der Waals surface area contributed by atoms with Crippen molar-refractivity contribution < 1.29 is 14.3 Å². The van der Waals surface area contributed by atoms with Crippen molar-refractivity contribution in [2.24, 2.45) is 5.92 Å². The summed E-state index contributed by atoms with van der Waals surface area (Å²) in [5.41, 5.74) is 1.93. The number of nitrogens with one attached hydrogen (secondary N) is 1. The van der Waals surface area contributed by atoms with E-state index >= 15 is 0 Å². The Morgan fingerprint density at radius 3 is 2.53 bits per heavy atom. The largest absolute Gasteiger partial charge is 0.475 e. The fourth-order valence-corrected chi connectivity index (χ4v) is 3.36. The van der Waals surface area contributed by atoms with Crippen LogP contribution in [0.15, 0.2) is 54.7 Å². The maximum Gasteiger partial charge on any atom is 0.246 e. The number of hydrogen-bond donors (Lipinski definition) is 1. The van der Waals surface area contributed by atoms with Crippen LogP contribution in [-0.2, 0) is 16.1 Å². The molecule has 0 bridgehead atoms. The van der Waals surface area contributed by atoms with Crippen LogP contribution < -0.4 is 10.1 Å². The van der Waals surface area contributed by atoms with E-state index in [0.717, 1.165) is 11.1 Å². The first-order chi connectivity index (χ1) is 14.5. The predicted molar refractivity (Wildman–Crippen MR) is 117 cm³/mol. The van der Waals surface area contributed by atoms with Crippen LogP contribution >= 0.6 is 0 Å². The van der Waals surface area contributed by atoms with Crippen molar-refractivity contribution in [3.63, 3.8) is 0 Å². The summed E-state index contributed by atoms with van der Waals surface area (Å²) < 4.78 is 5.53. The monoisotopic (exact) mass is 407 g/mol. The highest BCUT2D eigenvalue weighted by molar-refractivity contribution is 5.92. The number of carbonyl (C=O) groups is 2. The summed E-state index contributed by atoms with van der Waals surface area (Å²) in [5.74, 6) is 0.541. The maximum absolute atomic E-state index is 12.5. The molecule has 1 saturated heterocycles. The summed E-state index contributed by atoms with van der Waals surface area (Å²) in [4.78, 5) is 30.9. The van der Waals surface area contributed by atoms with Crippen LogP contribution in [0.4, 0.5) is 0 Å². The third-order valence-electron chi connectivity index (χ3n) is 5.02. The van der Waals surface area contributed by atoms with E-state index in [1.54, 1.807) is 17.2 Å². The van der Waals surface area contributed by atoms with Crippen LogP contribution in [-0.4, -0.2) is 40.9 Å². The molecule has 0 aliphatic carbocycles. The Kier molecular flexibility index (Phi) is 7.60. The average Bonchev–Trinajstić information content (AvgIpc) is 2.77. The van der Waals surface area contributed by atoms with Gasteiger partial charge in [-0.3, -0.25) is 9.59 Å². The van der Waals surface area contributed by atoms with Crippen molar-refractivity contribution in [3.05, 3.63) is 65.9 Å². The maximum atomic E-state index is 12.5. The summed E-state index contributed by atoms with van der Waals surface area (Å²) >= 11 is 0. The van der Waals surface area contributed by atoms with Gasteiger partial charge in [-0.1, -0.05) is 36.4 Å². The second-order valence-electron chi connectivity index (χ2n) is 7.73. The van der Waals surface area contributed by atoms with E-state index in [1.165, 1.54) is 0 Å². The van der Waals surface area contributed by atoms with E-state index in [0.29, 0.717) is 38.4 Å². The van der Waals surface area contributed by atoms with E-state index in [-0.39, 0.29) is 23.8 Å². The molecule has 0 saturated carbocycles. The number of ether oxygens (including phenoxy) is 1. The summed E-state index contributed by atoms with van der Waals surface area (Å²) in [7, 11) is 0. The third-order valence-corrected chi connectivity index (χ3v) is 5.02. The molecular formula is C24H29N3O3. The Balaban J connectivity index is 1.41. The van der Waals surface area contributed by atoms with E-state index < -0.39 is 0 Å². The first-order valence-corrected chi connectivity index (χ1v) is 10.4. The minimum absolute atomic E-state index is 0.00695. The lowest BCUT2D eigenvalue weighted by atomic mass is 9.95. The van der Waals surface area contributed by atoms with Gasteiger partial charge in [-0.15, -0.1) is 0 Å². The van der Waals surface area contributed by atoms with Gasteiger partial charge in [-0.25, -0.2) is 4.98 Å². The fourth-order valence-electron chi connectivity index (χ4n) is 3.36. The zero-order valence-electron chi connectivity index (χ0n) is 17.6. The van der Waals surface area contributed by atoms with Gasteiger partial charge in [-0.05, 0) is 43.9 Å². The molecule has 2 amide bonds. The van der Waals surface area contributed by atoms with Crippen LogP contribution in [0.3, 0.4) is 0 Å². The van der Waals surface area contributed by atoms with Gasteiger partial charge in [0.2, 0.25) is 17.7 Å². The Morgan fingerprint density at radius 1 is 1.17 bits per heavy atom. The van der Waals surface area contributed by atoms with Crippen molar-refractivity contribution in [1.82, 2.24) is 15.2 Å². The molecule has 1 fully saturated rings. The molecule has 6 nitrogen and oxygen atoms in total. The molecule has 1 aromatic heterocycles. The van der Waals surface area contributed by atoms with Gasteiger partial charge >= 0.3 is 0 Å². The molecule has 0 unspecified atom stereocenters. The van der Waals surface area contributed by atoms with Crippen LogP contribution in [0.1, 0.15) is 37.8 Å². The van der Waals surface area contributed by atoms with Gasteiger partial charge in [0.15, 0.2) is 0 Å². The summed E-state index contributed by atoms with van der Waals surface area (Å²) in [6, 6.07) is 13.5. The Labute approximate surface area is 178 Å². The normalized spacial score (nSPS) is 14.8. The highest BCUT2D eigenvalue weighted by Crippen LogP contribution is 2.18. The molecule has 1 aromatic carbocycles. The van der Waals surface area contributed by atoms with Gasteiger partial charge in [-0.2, -0.15) is 0 Å². The zero-order valence-corrected chi connectivity index (χ0v) is 17.6. The number of benzene rings is 1. The van der Waals surface area contributed by atoms with E-state index in [4.69, 9.17) is 4.74 Å². The van der Waals surface area contributed by atoms with Crippen molar-refractivity contribution in [2.45, 2.75) is 39.3 Å². The summed E-state index contributed by atoms with van der Waals surface area (Å²) in [6.07, 6.45) is 6.59. The molecule has 0 spiro atoms. The molecule has 1 aliphatic heterocycles. The van der Waals surface area contributed by atoms with Crippen LogP contribution in [0.25, 0.3) is 6.08 Å². The first kappa shape index (κ1) is 21.6. The van der Waals surface area contributed by atoms with Crippen molar-refractivity contribution in [3.8, 4) is 5.88 Å². The molecule has 2 aromatic rings. The molecule has 0 atom stereocenters. The van der Waals surface area contributed by atoms with E-state index in [1.807, 2.05) is 62.4 Å². The van der Waals surface area contributed by atoms with E-state index in [9.17, 15) is 9.59 Å². The molecule has 1 aliphatic rings. The highest BCUT2D eigenvalue weighted by Gasteiger charge is 2.26. The van der Waals surface area contributed by atoms with Gasteiger partial charge in [0.25, 0.3) is 0 Å². The Hall–Kier alpha value is -3.15. The Morgan fingerprint density at radius 2 is 1.90 bits per heavy atom. The molecule has 1 N–H and O–H groups in total. The lowest BCUT2D eigenvalue weighted by Crippen LogP contribution is -2.42. The molecule has 158 valence electrons. The lowest BCUT2D eigenvalue weighted by molar-refractivity contribution is -0.132. The van der Waals surface area contributed by atoms with Gasteiger partial charge < -0.3 is 15.0 Å². The van der Waals surface area contributed by atoms with Crippen LogP contribution in [0.5, 0.6) is 5.88 Å². The quantitative estimate of drug-likeness (QED) is 0.714. The summed E-state index contributed by atoms with van der Waals surface area (Å²) in [6.45, 7) is 5.53. The fraction of sp³-hybridized carbons (Fsp3) is 0.375. The van der Waals surface area contributed by atoms with Crippen molar-refractivity contribution in [1.29, 1.82) is 0 Å². The first-order valence-electron chi connectivity index (χ1n) is 10.4. The number of carbonyl (C=O) groups excluding carboxylic acids is 2. The van der Waals surface area contributed by atoms with E-state index in [2.05, 4.69) is 10.3 Å². The number of nitrogens with zero attached hydrogens (tertiary/aromatic N) is 2. The lowest BCUT2D eigenvalue weighted by Gasteiger charge is -2.30. The SMILES string of the molecule is CC(C)Oc1ccc(CNC(=O)C2CCN(C(=O)/C=C/c3ccccc3)CC2)cn1. The smallest absolute Gasteiger partial charge is 0.246 e. The van der Waals surface area contributed by atoms with Crippen molar-refractivity contribution in [2.75, 3.05) is 13.1 Å². The van der Waals surface area contributed by atoms with Gasteiger partial charge in [0, 0.05) is 43.9 Å². The summed E-state index contributed by atoms with van der Waals surface area (Å²) in [5, 5.41) is 2.98. The minimum Gasteiger partial charge on any atom is -0.475 e. The number of likely N-dealkylation sites (tertiary alicyclic amines) is 1. The number of pyridine rings is 1. The Bertz CT molecular complexity index is 855. The molecule has 30 heavy (non-hydrogen) atoms. The topological polar surface area (TPSA) is 71.5 Å². The second-order valence-corrected chi connectivity index (χ2v) is 7.73. The molecule has 3 rings (SSSR count). The number of hydrogen-bond acceptors (Lipinski definition) is 4. The zero-order chi connectivity index (χ0) is 21.3. The molecular weight excluding hydrogens is 378 g/mol. The van der Waals surface area contributed by atoms with Crippen molar-refractivity contribution >= 4 is 17.9 Å². The standard InChI is InChI=1S/C24H29N3O3/c1-18(2)30-22-10-8-20(16-25-22)17-26-24(29)21-12-14-27(15-13-21)23(28)11-9-19-6-4-3-5-7-19/h3-11,16,18,21H,12-15,17H2,1-2H3,(H,26,29)/b11-9+. The molecule has 6 heteroatoms. The number of piperidine rings is 1. The predicted octanol–water partition coefficient (Wildman–Crippen LogP) is 3.44. The van der Waals surface area contributed by atoms with Crippen LogP contribution in [0.2, 0.25) is 0 Å². The second kappa shape index (κ2) is 10.6. The minimum atomic E-state index is -0.0661. The number of amides is 2. The number of rotatable bonds is 7. The highest BCUT2D eigenvalue weighted by atomic mass is 16.5. The molecule has 0 radical (unpaired) electrons. The van der Waals surface area contributed by atoms with Gasteiger partial charge in [0.1, 0.15) is 0 Å². The average molecular weight is 408 g/mol.